The normalized spacial score (nSPS) is 12.7. The Balaban J connectivity index is 1.14. The molecular weight excluding hydrogens is 400 g/mol. The van der Waals surface area contributed by atoms with E-state index in [9.17, 15) is 0 Å². The maximum Gasteiger partial charge on any atom is 0.130 e. The molecule has 0 saturated carbocycles. The third-order valence-electron chi connectivity index (χ3n) is 5.17. The molecule has 0 atom stereocenters. The van der Waals surface area contributed by atoms with Crippen LogP contribution in [0, 0.1) is 0 Å². The lowest BCUT2D eigenvalue weighted by Crippen LogP contribution is -2.04. The summed E-state index contributed by atoms with van der Waals surface area (Å²) in [5, 5.41) is 12.7. The van der Waals surface area contributed by atoms with Crippen LogP contribution in [0.1, 0.15) is 16.8 Å². The highest BCUT2D eigenvalue weighted by atomic mass is 16.5. The third kappa shape index (κ3) is 4.98. The fourth-order valence-corrected chi connectivity index (χ4v) is 3.54. The summed E-state index contributed by atoms with van der Waals surface area (Å²) in [7, 11) is 0. The van der Waals surface area contributed by atoms with E-state index in [1.54, 1.807) is 0 Å². The van der Waals surface area contributed by atoms with Gasteiger partial charge in [0.2, 0.25) is 0 Å². The number of hydrogen-bond donors (Lipinski definition) is 0. The van der Waals surface area contributed by atoms with Gasteiger partial charge < -0.3 is 9.47 Å². The molecule has 5 rings (SSSR count). The van der Waals surface area contributed by atoms with Gasteiger partial charge in [0.25, 0.3) is 0 Å². The van der Waals surface area contributed by atoms with Gasteiger partial charge in [0.05, 0.1) is 16.9 Å². The van der Waals surface area contributed by atoms with Gasteiger partial charge in [-0.15, -0.1) is 5.10 Å². The molecule has 3 aromatic carbocycles. The Hall–Kier alpha value is -4.06. The Morgan fingerprint density at radius 1 is 0.719 bits per heavy atom. The van der Waals surface area contributed by atoms with E-state index in [1.807, 2.05) is 54.6 Å². The van der Waals surface area contributed by atoms with E-state index in [-0.39, 0.29) is 0 Å². The molecule has 158 valence electrons. The van der Waals surface area contributed by atoms with E-state index in [2.05, 4.69) is 50.8 Å². The quantitative estimate of drug-likeness (QED) is 0.363. The zero-order valence-corrected chi connectivity index (χ0v) is 17.5. The number of para-hydroxylation sites is 1. The molecule has 0 N–H and O–H groups in total. The van der Waals surface area contributed by atoms with Crippen LogP contribution in [-0.2, 0) is 19.6 Å². The molecule has 6 nitrogen and oxygen atoms in total. The lowest BCUT2D eigenvalue weighted by Gasteiger charge is -2.10. The summed E-state index contributed by atoms with van der Waals surface area (Å²) < 4.78 is 11.8. The Bertz CT molecular complexity index is 1280. The van der Waals surface area contributed by atoms with E-state index >= 15 is 0 Å². The minimum atomic E-state index is 0.420. The van der Waals surface area contributed by atoms with Crippen molar-refractivity contribution >= 4 is 16.6 Å². The second-order valence-electron chi connectivity index (χ2n) is 7.60. The van der Waals surface area contributed by atoms with Crippen molar-refractivity contribution in [2.24, 2.45) is 15.4 Å². The van der Waals surface area contributed by atoms with Crippen LogP contribution in [0.4, 0.5) is 0 Å². The van der Waals surface area contributed by atoms with E-state index in [0.717, 1.165) is 45.8 Å². The Kier molecular flexibility index (Phi) is 5.83. The van der Waals surface area contributed by atoms with E-state index < -0.39 is 0 Å². The van der Waals surface area contributed by atoms with Crippen molar-refractivity contribution in [1.29, 1.82) is 0 Å². The van der Waals surface area contributed by atoms with E-state index in [4.69, 9.17) is 9.47 Å². The first-order chi connectivity index (χ1) is 15.8. The van der Waals surface area contributed by atoms with Gasteiger partial charge in [0.1, 0.15) is 31.3 Å². The van der Waals surface area contributed by atoms with Crippen LogP contribution in [0.25, 0.3) is 10.9 Å². The molecule has 1 aromatic heterocycles. The molecule has 0 unspecified atom stereocenters. The summed E-state index contributed by atoms with van der Waals surface area (Å²) in [6, 6.07) is 28.1. The van der Waals surface area contributed by atoms with Gasteiger partial charge in [-0.25, -0.2) is 4.98 Å². The van der Waals surface area contributed by atoms with Crippen LogP contribution in [0.3, 0.4) is 0 Å². The van der Waals surface area contributed by atoms with Crippen LogP contribution >= 0.6 is 0 Å². The average molecular weight is 422 g/mol. The van der Waals surface area contributed by atoms with Gasteiger partial charge >= 0.3 is 0 Å². The first kappa shape index (κ1) is 19.9. The SMILES string of the molecule is c1cc(COc2ccc(OCc3ccc4ccccc4n3)cc2)cc(CC2=NN=NC2)c1. The van der Waals surface area contributed by atoms with Gasteiger partial charge in [0.15, 0.2) is 0 Å². The van der Waals surface area contributed by atoms with Gasteiger partial charge in [-0.3, -0.25) is 0 Å². The Morgan fingerprint density at radius 3 is 2.31 bits per heavy atom. The Labute approximate surface area is 186 Å². The van der Waals surface area contributed by atoms with Gasteiger partial charge in [0, 0.05) is 11.8 Å². The number of ether oxygens (including phenoxy) is 2. The molecule has 0 fully saturated rings. The van der Waals surface area contributed by atoms with Crippen molar-refractivity contribution in [3.63, 3.8) is 0 Å². The molecular formula is C26H22N4O2. The molecule has 4 aromatic rings. The van der Waals surface area contributed by atoms with Gasteiger partial charge in [-0.1, -0.05) is 48.5 Å². The fourth-order valence-electron chi connectivity index (χ4n) is 3.54. The van der Waals surface area contributed by atoms with Gasteiger partial charge in [-0.05, 0) is 52.7 Å². The highest BCUT2D eigenvalue weighted by molar-refractivity contribution is 5.89. The number of pyridine rings is 1. The molecule has 0 aliphatic carbocycles. The second kappa shape index (κ2) is 9.39. The number of fused-ring (bicyclic) bond motifs is 1. The standard InChI is InChI=1S/C26H22N4O2/c1-2-7-26-21(6-1)8-9-22(28-26)18-32-25-12-10-24(11-13-25)31-17-20-5-3-4-19(14-20)15-23-16-27-30-29-23/h1-14H,15-18H2. The fraction of sp³-hybridized carbons (Fsp3) is 0.154. The topological polar surface area (TPSA) is 68.4 Å². The number of rotatable bonds is 8. The van der Waals surface area contributed by atoms with Gasteiger partial charge in [-0.2, -0.15) is 5.11 Å². The Morgan fingerprint density at radius 2 is 1.50 bits per heavy atom. The van der Waals surface area contributed by atoms with E-state index in [1.165, 1.54) is 5.56 Å². The molecule has 0 amide bonds. The summed E-state index contributed by atoms with van der Waals surface area (Å²) in [6.45, 7) is 1.51. The first-order valence-corrected chi connectivity index (χ1v) is 10.5. The summed E-state index contributed by atoms with van der Waals surface area (Å²) >= 11 is 0. The van der Waals surface area contributed by atoms with Crippen LogP contribution in [0.2, 0.25) is 0 Å². The number of benzene rings is 3. The second-order valence-corrected chi connectivity index (χ2v) is 7.60. The average Bonchev–Trinajstić information content (AvgIpc) is 3.35. The molecule has 32 heavy (non-hydrogen) atoms. The molecule has 1 aliphatic heterocycles. The summed E-state index contributed by atoms with van der Waals surface area (Å²) in [4.78, 5) is 4.64. The predicted octanol–water partition coefficient (Wildman–Crippen LogP) is 5.76. The summed E-state index contributed by atoms with van der Waals surface area (Å²) in [5.74, 6) is 1.58. The molecule has 2 heterocycles. The molecule has 0 saturated heterocycles. The highest BCUT2D eigenvalue weighted by Gasteiger charge is 2.07. The largest absolute Gasteiger partial charge is 0.489 e. The van der Waals surface area contributed by atoms with E-state index in [0.29, 0.717) is 19.8 Å². The maximum absolute atomic E-state index is 5.95. The molecule has 0 bridgehead atoms. The summed E-state index contributed by atoms with van der Waals surface area (Å²) in [5.41, 5.74) is 5.15. The minimum absolute atomic E-state index is 0.420. The lowest BCUT2D eigenvalue weighted by atomic mass is 10.1. The molecule has 0 spiro atoms. The predicted molar refractivity (Wildman–Crippen MR) is 124 cm³/mol. The molecule has 6 heteroatoms. The summed E-state index contributed by atoms with van der Waals surface area (Å²) in [6.07, 6.45) is 0.763. The molecule has 1 aliphatic rings. The lowest BCUT2D eigenvalue weighted by molar-refractivity contribution is 0.295. The highest BCUT2D eigenvalue weighted by Crippen LogP contribution is 2.20. The van der Waals surface area contributed by atoms with Crippen molar-refractivity contribution < 1.29 is 9.47 Å². The monoisotopic (exact) mass is 422 g/mol. The van der Waals surface area contributed by atoms with Crippen LogP contribution in [0.5, 0.6) is 11.5 Å². The zero-order chi connectivity index (χ0) is 21.6. The smallest absolute Gasteiger partial charge is 0.130 e. The van der Waals surface area contributed by atoms with Crippen molar-refractivity contribution in [2.45, 2.75) is 19.6 Å². The van der Waals surface area contributed by atoms with Crippen LogP contribution in [-0.4, -0.2) is 17.2 Å². The number of hydrogen-bond acceptors (Lipinski definition) is 6. The van der Waals surface area contributed by atoms with Crippen molar-refractivity contribution in [1.82, 2.24) is 4.98 Å². The van der Waals surface area contributed by atoms with Crippen molar-refractivity contribution in [3.05, 3.63) is 102 Å². The molecule has 0 radical (unpaired) electrons. The number of aromatic nitrogens is 1. The van der Waals surface area contributed by atoms with Crippen molar-refractivity contribution in [3.8, 4) is 11.5 Å². The van der Waals surface area contributed by atoms with Crippen molar-refractivity contribution in [2.75, 3.05) is 6.54 Å². The zero-order valence-electron chi connectivity index (χ0n) is 17.5. The number of nitrogens with zero attached hydrogens (tertiary/aromatic N) is 4. The first-order valence-electron chi connectivity index (χ1n) is 10.5. The minimum Gasteiger partial charge on any atom is -0.489 e. The third-order valence-corrected chi connectivity index (χ3v) is 5.17. The van der Waals surface area contributed by atoms with Crippen LogP contribution in [0.15, 0.2) is 100 Å². The maximum atomic E-state index is 5.95. The van der Waals surface area contributed by atoms with Crippen LogP contribution < -0.4 is 9.47 Å².